The number of nitrogens with one attached hydrogen (secondary N) is 1. The van der Waals surface area contributed by atoms with Crippen LogP contribution in [0.4, 0.5) is 5.82 Å². The van der Waals surface area contributed by atoms with E-state index in [1.165, 1.54) is 4.88 Å². The molecule has 3 heterocycles. The molecule has 1 amide bonds. The van der Waals surface area contributed by atoms with E-state index >= 15 is 0 Å². The van der Waals surface area contributed by atoms with E-state index in [-0.39, 0.29) is 11.8 Å². The highest BCUT2D eigenvalue weighted by molar-refractivity contribution is 7.18. The Morgan fingerprint density at radius 2 is 2.10 bits per heavy atom. The van der Waals surface area contributed by atoms with Gasteiger partial charge in [-0.15, -0.1) is 11.3 Å². The molecule has 2 aromatic heterocycles. The number of aryl methyl sites for hydroxylation is 1. The van der Waals surface area contributed by atoms with E-state index in [2.05, 4.69) is 33.2 Å². The molecule has 1 fully saturated rings. The van der Waals surface area contributed by atoms with Gasteiger partial charge in [0.05, 0.1) is 12.5 Å². The van der Waals surface area contributed by atoms with Crippen molar-refractivity contribution in [2.75, 3.05) is 25.1 Å². The molecule has 1 saturated heterocycles. The molecule has 1 N–H and O–H groups in total. The van der Waals surface area contributed by atoms with E-state index < -0.39 is 0 Å². The zero-order valence-electron chi connectivity index (χ0n) is 16.9. The maximum Gasteiger partial charge on any atom is 0.223 e. The number of amides is 1. The van der Waals surface area contributed by atoms with Gasteiger partial charge in [-0.1, -0.05) is 19.1 Å². The number of hydrogen-bond donors (Lipinski definition) is 1. The van der Waals surface area contributed by atoms with Gasteiger partial charge in [-0.2, -0.15) is 0 Å². The fourth-order valence-electron chi connectivity index (χ4n) is 3.79. The average molecular weight is 411 g/mol. The van der Waals surface area contributed by atoms with Gasteiger partial charge in [0.15, 0.2) is 0 Å². The number of thiophene rings is 1. The van der Waals surface area contributed by atoms with Gasteiger partial charge in [-0.25, -0.2) is 9.97 Å². The van der Waals surface area contributed by atoms with Crippen molar-refractivity contribution in [1.82, 2.24) is 15.3 Å². The number of aromatic nitrogens is 2. The highest BCUT2D eigenvalue weighted by atomic mass is 32.1. The van der Waals surface area contributed by atoms with Gasteiger partial charge in [0.2, 0.25) is 5.91 Å². The van der Waals surface area contributed by atoms with Gasteiger partial charge in [0, 0.05) is 30.4 Å². The summed E-state index contributed by atoms with van der Waals surface area (Å²) >= 11 is 1.74. The molecule has 0 aliphatic carbocycles. The lowest BCUT2D eigenvalue weighted by Gasteiger charge is -2.32. The number of fused-ring (bicyclic) bond motifs is 1. The van der Waals surface area contributed by atoms with Crippen molar-refractivity contribution in [2.24, 2.45) is 5.92 Å². The molecule has 6 nitrogen and oxygen atoms in total. The maximum absolute atomic E-state index is 12.6. The van der Waals surface area contributed by atoms with Crippen molar-refractivity contribution in [3.05, 3.63) is 47.1 Å². The number of anilines is 1. The number of carbonyl (C=O) groups excluding carboxylic acids is 1. The predicted molar refractivity (Wildman–Crippen MR) is 117 cm³/mol. The summed E-state index contributed by atoms with van der Waals surface area (Å²) in [5.41, 5.74) is 1.04. The van der Waals surface area contributed by atoms with E-state index in [9.17, 15) is 4.79 Å². The molecule has 0 atom stereocenters. The largest absolute Gasteiger partial charge is 0.497 e. The van der Waals surface area contributed by atoms with Crippen LogP contribution in [-0.4, -0.2) is 36.1 Å². The second-order valence-corrected chi connectivity index (χ2v) is 8.43. The minimum Gasteiger partial charge on any atom is -0.497 e. The first-order chi connectivity index (χ1) is 14.2. The van der Waals surface area contributed by atoms with Crippen molar-refractivity contribution in [3.8, 4) is 5.75 Å². The van der Waals surface area contributed by atoms with Crippen molar-refractivity contribution in [2.45, 2.75) is 32.7 Å². The molecular weight excluding hydrogens is 384 g/mol. The molecule has 29 heavy (non-hydrogen) atoms. The summed E-state index contributed by atoms with van der Waals surface area (Å²) < 4.78 is 5.24. The van der Waals surface area contributed by atoms with Crippen LogP contribution in [0.1, 0.15) is 30.2 Å². The molecule has 1 aliphatic rings. The quantitative estimate of drug-likeness (QED) is 0.670. The highest BCUT2D eigenvalue weighted by Gasteiger charge is 2.26. The Morgan fingerprint density at radius 1 is 1.28 bits per heavy atom. The molecule has 0 spiro atoms. The Hall–Kier alpha value is -2.67. The van der Waals surface area contributed by atoms with Crippen LogP contribution in [0.3, 0.4) is 0 Å². The van der Waals surface area contributed by atoms with Crippen LogP contribution in [0.5, 0.6) is 5.75 Å². The van der Waals surface area contributed by atoms with Crippen LogP contribution in [0, 0.1) is 5.92 Å². The molecular formula is C22H26N4O2S. The predicted octanol–water partition coefficient (Wildman–Crippen LogP) is 3.80. The lowest BCUT2D eigenvalue weighted by molar-refractivity contribution is -0.125. The molecule has 1 aromatic carbocycles. The van der Waals surface area contributed by atoms with Crippen molar-refractivity contribution >= 4 is 33.3 Å². The number of ether oxygens (including phenoxy) is 1. The summed E-state index contributed by atoms with van der Waals surface area (Å²) in [5.74, 6) is 1.98. The maximum atomic E-state index is 12.6. The SMILES string of the molecule is CCc1cc2c(N3CCC(C(=O)NCc4cccc(OC)c4)CC3)ncnc2s1. The summed E-state index contributed by atoms with van der Waals surface area (Å²) in [6.45, 7) is 4.35. The second-order valence-electron chi connectivity index (χ2n) is 7.31. The van der Waals surface area contributed by atoms with E-state index in [0.29, 0.717) is 6.54 Å². The Bertz CT molecular complexity index is 995. The number of carbonyl (C=O) groups is 1. The van der Waals surface area contributed by atoms with Crippen molar-refractivity contribution in [3.63, 3.8) is 0 Å². The van der Waals surface area contributed by atoms with E-state index in [0.717, 1.165) is 59.7 Å². The minimum absolute atomic E-state index is 0.0443. The molecule has 4 rings (SSSR count). The molecule has 0 saturated carbocycles. The normalized spacial score (nSPS) is 14.9. The first-order valence-electron chi connectivity index (χ1n) is 10.1. The fraction of sp³-hybridized carbons (Fsp3) is 0.409. The third-order valence-electron chi connectivity index (χ3n) is 5.47. The van der Waals surface area contributed by atoms with Crippen molar-refractivity contribution in [1.29, 1.82) is 0 Å². The molecule has 0 bridgehead atoms. The number of hydrogen-bond acceptors (Lipinski definition) is 6. The average Bonchev–Trinajstić information content (AvgIpc) is 3.21. The van der Waals surface area contributed by atoms with Crippen LogP contribution >= 0.6 is 11.3 Å². The Kier molecular flexibility index (Phi) is 5.94. The summed E-state index contributed by atoms with van der Waals surface area (Å²) in [4.78, 5) is 26.3. The standard InChI is InChI=1S/C22H26N4O2S/c1-3-18-12-19-20(24-14-25-22(19)29-18)26-9-7-16(8-10-26)21(27)23-13-15-5-4-6-17(11-15)28-2/h4-6,11-12,14,16H,3,7-10,13H2,1-2H3,(H,23,27). The van der Waals surface area contributed by atoms with Crippen LogP contribution < -0.4 is 15.0 Å². The van der Waals surface area contributed by atoms with Crippen LogP contribution in [0.15, 0.2) is 36.7 Å². The number of benzene rings is 1. The lowest BCUT2D eigenvalue weighted by atomic mass is 9.95. The molecule has 0 radical (unpaired) electrons. The van der Waals surface area contributed by atoms with Gasteiger partial charge in [0.25, 0.3) is 0 Å². The minimum atomic E-state index is 0.0443. The van der Waals surface area contributed by atoms with Crippen LogP contribution in [0.2, 0.25) is 0 Å². The van der Waals surface area contributed by atoms with Crippen LogP contribution in [-0.2, 0) is 17.8 Å². The third kappa shape index (κ3) is 4.34. The lowest BCUT2D eigenvalue weighted by Crippen LogP contribution is -2.40. The van der Waals surface area contributed by atoms with Gasteiger partial charge in [-0.05, 0) is 43.0 Å². The zero-order chi connectivity index (χ0) is 20.2. The Morgan fingerprint density at radius 3 is 2.86 bits per heavy atom. The second kappa shape index (κ2) is 8.78. The summed E-state index contributed by atoms with van der Waals surface area (Å²) in [5, 5.41) is 4.21. The number of piperidine rings is 1. The number of nitrogens with zero attached hydrogens (tertiary/aromatic N) is 3. The van der Waals surface area contributed by atoms with Crippen molar-refractivity contribution < 1.29 is 9.53 Å². The first-order valence-corrected chi connectivity index (χ1v) is 10.9. The van der Waals surface area contributed by atoms with Gasteiger partial charge in [0.1, 0.15) is 22.7 Å². The molecule has 152 valence electrons. The highest BCUT2D eigenvalue weighted by Crippen LogP contribution is 2.32. The number of rotatable bonds is 6. The fourth-order valence-corrected chi connectivity index (χ4v) is 4.72. The summed E-state index contributed by atoms with van der Waals surface area (Å²) in [7, 11) is 1.65. The van der Waals surface area contributed by atoms with Crippen LogP contribution in [0.25, 0.3) is 10.2 Å². The van der Waals surface area contributed by atoms with Gasteiger partial charge >= 0.3 is 0 Å². The van der Waals surface area contributed by atoms with E-state index in [4.69, 9.17) is 4.74 Å². The zero-order valence-corrected chi connectivity index (χ0v) is 17.7. The Balaban J connectivity index is 1.35. The molecule has 1 aliphatic heterocycles. The summed E-state index contributed by atoms with van der Waals surface area (Å²) in [6.07, 6.45) is 4.33. The smallest absolute Gasteiger partial charge is 0.223 e. The topological polar surface area (TPSA) is 67.4 Å². The van der Waals surface area contributed by atoms with Gasteiger partial charge in [-0.3, -0.25) is 4.79 Å². The van der Waals surface area contributed by atoms with Gasteiger partial charge < -0.3 is 15.0 Å². The summed E-state index contributed by atoms with van der Waals surface area (Å²) in [6, 6.07) is 10.0. The first kappa shape index (κ1) is 19.6. The molecule has 7 heteroatoms. The monoisotopic (exact) mass is 410 g/mol. The third-order valence-corrected chi connectivity index (χ3v) is 6.66. The van der Waals surface area contributed by atoms with E-state index in [1.54, 1.807) is 24.8 Å². The number of methoxy groups -OCH3 is 1. The molecule has 0 unspecified atom stereocenters. The van der Waals surface area contributed by atoms with E-state index in [1.807, 2.05) is 24.3 Å². The Labute approximate surface area is 174 Å². The molecule has 3 aromatic rings.